The van der Waals surface area contributed by atoms with Crippen molar-refractivity contribution in [3.8, 4) is 0 Å². The fourth-order valence-corrected chi connectivity index (χ4v) is 3.53. The van der Waals surface area contributed by atoms with Crippen LogP contribution in [0.5, 0.6) is 0 Å². The van der Waals surface area contributed by atoms with E-state index < -0.39 is 5.91 Å². The minimum absolute atomic E-state index is 0.227. The summed E-state index contributed by atoms with van der Waals surface area (Å²) in [5.41, 5.74) is 7.14. The molecule has 0 aliphatic heterocycles. The Balaban J connectivity index is 1.77. The number of amides is 1. The number of aromatic nitrogens is 4. The number of benzene rings is 1. The van der Waals surface area contributed by atoms with Gasteiger partial charge in [-0.3, -0.25) is 9.89 Å². The lowest BCUT2D eigenvalue weighted by molar-refractivity contribution is 0.0997. The quantitative estimate of drug-likeness (QED) is 0.530. The van der Waals surface area contributed by atoms with E-state index in [-0.39, 0.29) is 5.69 Å². The van der Waals surface area contributed by atoms with Crippen molar-refractivity contribution in [2.75, 3.05) is 5.32 Å². The van der Waals surface area contributed by atoms with Crippen LogP contribution in [0.4, 0.5) is 11.5 Å². The molecular formula is C16H14N6OS. The molecule has 0 bridgehead atoms. The number of nitrogens with one attached hydrogen (secondary N) is 2. The average Bonchev–Trinajstić information content (AvgIpc) is 3.18. The van der Waals surface area contributed by atoms with Crippen LogP contribution in [0.25, 0.3) is 21.1 Å². The first-order chi connectivity index (χ1) is 11.7. The number of carbonyl (C=O) groups excluding carboxylic acids is 1. The second-order valence-corrected chi connectivity index (χ2v) is 6.44. The highest BCUT2D eigenvalue weighted by molar-refractivity contribution is 7.18. The second kappa shape index (κ2) is 5.57. The predicted molar refractivity (Wildman–Crippen MR) is 94.7 cm³/mol. The number of nitrogens with zero attached hydrogens (tertiary/aromatic N) is 3. The number of thiophene rings is 1. The van der Waals surface area contributed by atoms with Crippen molar-refractivity contribution in [3.63, 3.8) is 0 Å². The number of nitrogens with two attached hydrogens (primary N) is 1. The summed E-state index contributed by atoms with van der Waals surface area (Å²) in [6, 6.07) is 7.68. The maximum absolute atomic E-state index is 11.5. The first kappa shape index (κ1) is 14.6. The van der Waals surface area contributed by atoms with Gasteiger partial charge >= 0.3 is 0 Å². The average molecular weight is 338 g/mol. The molecule has 1 amide bonds. The summed E-state index contributed by atoms with van der Waals surface area (Å²) in [4.78, 5) is 22.3. The molecule has 120 valence electrons. The van der Waals surface area contributed by atoms with Gasteiger partial charge in [0.15, 0.2) is 5.69 Å². The Labute approximate surface area is 140 Å². The van der Waals surface area contributed by atoms with Crippen molar-refractivity contribution in [2.45, 2.75) is 13.3 Å². The Morgan fingerprint density at radius 2 is 2.17 bits per heavy atom. The maximum Gasteiger partial charge on any atom is 0.269 e. The Bertz CT molecular complexity index is 1070. The zero-order valence-electron chi connectivity index (χ0n) is 12.8. The van der Waals surface area contributed by atoms with Crippen molar-refractivity contribution >= 4 is 49.9 Å². The molecule has 4 N–H and O–H groups in total. The van der Waals surface area contributed by atoms with Gasteiger partial charge < -0.3 is 11.1 Å². The normalized spacial score (nSPS) is 11.2. The number of primary amides is 1. The molecular weight excluding hydrogens is 324 g/mol. The molecule has 4 rings (SSSR count). The molecule has 0 aliphatic rings. The molecule has 7 nitrogen and oxygen atoms in total. The van der Waals surface area contributed by atoms with Crippen LogP contribution in [0.15, 0.2) is 30.6 Å². The summed E-state index contributed by atoms with van der Waals surface area (Å²) in [6.45, 7) is 2.11. The SMILES string of the molecule is CCc1cc2c(Nc3ccc4[nH]nc(C(N)=O)c4c3)ncnc2s1. The third-order valence-corrected chi connectivity index (χ3v) is 4.98. The molecule has 3 aromatic heterocycles. The molecule has 0 radical (unpaired) electrons. The van der Waals surface area contributed by atoms with Crippen LogP contribution in [0.3, 0.4) is 0 Å². The summed E-state index contributed by atoms with van der Waals surface area (Å²) in [5, 5.41) is 11.7. The van der Waals surface area contributed by atoms with E-state index in [1.54, 1.807) is 17.7 Å². The molecule has 0 unspecified atom stereocenters. The second-order valence-electron chi connectivity index (χ2n) is 5.33. The van der Waals surface area contributed by atoms with Crippen LogP contribution in [0.2, 0.25) is 0 Å². The molecule has 24 heavy (non-hydrogen) atoms. The lowest BCUT2D eigenvalue weighted by atomic mass is 10.2. The van der Waals surface area contributed by atoms with E-state index in [1.807, 2.05) is 18.2 Å². The van der Waals surface area contributed by atoms with Gasteiger partial charge in [-0.2, -0.15) is 5.10 Å². The first-order valence-corrected chi connectivity index (χ1v) is 8.25. The number of hydrogen-bond donors (Lipinski definition) is 3. The van der Waals surface area contributed by atoms with Gasteiger partial charge in [-0.25, -0.2) is 9.97 Å². The Hall–Kier alpha value is -3.00. The predicted octanol–water partition coefficient (Wildman–Crippen LogP) is 2.97. The number of hydrogen-bond acceptors (Lipinski definition) is 6. The molecule has 8 heteroatoms. The van der Waals surface area contributed by atoms with Crippen molar-refractivity contribution in [1.29, 1.82) is 0 Å². The van der Waals surface area contributed by atoms with E-state index in [9.17, 15) is 4.79 Å². The van der Waals surface area contributed by atoms with Crippen LogP contribution < -0.4 is 11.1 Å². The summed E-state index contributed by atoms with van der Waals surface area (Å²) in [5.74, 6) is 0.174. The largest absolute Gasteiger partial charge is 0.364 e. The summed E-state index contributed by atoms with van der Waals surface area (Å²) in [6.07, 6.45) is 2.51. The third kappa shape index (κ3) is 2.37. The molecule has 0 fully saturated rings. The van der Waals surface area contributed by atoms with E-state index >= 15 is 0 Å². The van der Waals surface area contributed by atoms with Crippen molar-refractivity contribution < 1.29 is 4.79 Å². The van der Waals surface area contributed by atoms with Crippen LogP contribution in [-0.2, 0) is 6.42 Å². The Morgan fingerprint density at radius 3 is 2.96 bits per heavy atom. The van der Waals surface area contributed by atoms with Gasteiger partial charge in [0.2, 0.25) is 0 Å². The van der Waals surface area contributed by atoms with E-state index in [2.05, 4.69) is 38.5 Å². The molecule has 0 saturated heterocycles. The fraction of sp³-hybridized carbons (Fsp3) is 0.125. The number of anilines is 2. The van der Waals surface area contributed by atoms with Gasteiger partial charge in [0.25, 0.3) is 5.91 Å². The van der Waals surface area contributed by atoms with Crippen molar-refractivity contribution in [2.24, 2.45) is 5.73 Å². The zero-order chi connectivity index (χ0) is 16.7. The molecule has 1 aromatic carbocycles. The highest BCUT2D eigenvalue weighted by atomic mass is 32.1. The van der Waals surface area contributed by atoms with Crippen LogP contribution >= 0.6 is 11.3 Å². The maximum atomic E-state index is 11.5. The number of rotatable bonds is 4. The summed E-state index contributed by atoms with van der Waals surface area (Å²) < 4.78 is 0. The van der Waals surface area contributed by atoms with Crippen molar-refractivity contribution in [1.82, 2.24) is 20.2 Å². The Kier molecular flexibility index (Phi) is 3.39. The topological polar surface area (TPSA) is 110 Å². The van der Waals surface area contributed by atoms with Crippen LogP contribution in [-0.4, -0.2) is 26.1 Å². The van der Waals surface area contributed by atoms with Gasteiger partial charge in [-0.15, -0.1) is 11.3 Å². The number of aryl methyl sites for hydroxylation is 1. The number of fused-ring (bicyclic) bond motifs is 2. The standard InChI is InChI=1S/C16H14N6OS/c1-2-9-6-11-15(18-7-19-16(11)24-9)20-8-3-4-12-10(5-8)13(14(17)23)22-21-12/h3-7H,2H2,1H3,(H2,17,23)(H,21,22)(H,18,19,20). The first-order valence-electron chi connectivity index (χ1n) is 7.44. The lowest BCUT2D eigenvalue weighted by Gasteiger charge is -2.06. The number of carbonyl (C=O) groups is 1. The lowest BCUT2D eigenvalue weighted by Crippen LogP contribution is -2.11. The number of aromatic amines is 1. The van der Waals surface area contributed by atoms with Crippen molar-refractivity contribution in [3.05, 3.63) is 41.2 Å². The summed E-state index contributed by atoms with van der Waals surface area (Å²) in [7, 11) is 0. The molecule has 0 aliphatic carbocycles. The number of H-pyrrole nitrogens is 1. The smallest absolute Gasteiger partial charge is 0.269 e. The molecule has 4 aromatic rings. The van der Waals surface area contributed by atoms with Crippen LogP contribution in [0.1, 0.15) is 22.3 Å². The highest BCUT2D eigenvalue weighted by Gasteiger charge is 2.13. The van der Waals surface area contributed by atoms with E-state index in [0.717, 1.165) is 33.7 Å². The fourth-order valence-electron chi connectivity index (χ4n) is 2.60. The van der Waals surface area contributed by atoms with Gasteiger partial charge in [0, 0.05) is 16.0 Å². The molecule has 0 saturated carbocycles. The van der Waals surface area contributed by atoms with E-state index in [1.165, 1.54) is 4.88 Å². The monoisotopic (exact) mass is 338 g/mol. The Morgan fingerprint density at radius 1 is 1.29 bits per heavy atom. The molecule has 0 spiro atoms. The molecule has 0 atom stereocenters. The van der Waals surface area contributed by atoms with E-state index in [0.29, 0.717) is 5.39 Å². The van der Waals surface area contributed by atoms with Gasteiger partial charge in [-0.05, 0) is 30.7 Å². The van der Waals surface area contributed by atoms with Crippen LogP contribution in [0, 0.1) is 0 Å². The minimum atomic E-state index is -0.562. The van der Waals surface area contributed by atoms with Gasteiger partial charge in [-0.1, -0.05) is 6.92 Å². The third-order valence-electron chi connectivity index (χ3n) is 3.79. The van der Waals surface area contributed by atoms with Gasteiger partial charge in [0.05, 0.1) is 10.9 Å². The van der Waals surface area contributed by atoms with Gasteiger partial charge in [0.1, 0.15) is 17.0 Å². The van der Waals surface area contributed by atoms with E-state index in [4.69, 9.17) is 5.73 Å². The minimum Gasteiger partial charge on any atom is -0.364 e. The summed E-state index contributed by atoms with van der Waals surface area (Å²) >= 11 is 1.66. The highest BCUT2D eigenvalue weighted by Crippen LogP contribution is 2.31. The molecule has 3 heterocycles. The zero-order valence-corrected chi connectivity index (χ0v) is 13.6.